The van der Waals surface area contributed by atoms with Crippen LogP contribution in [-0.4, -0.2) is 13.0 Å². The predicted octanol–water partition coefficient (Wildman–Crippen LogP) is 2.88. The molecule has 0 aliphatic carbocycles. The highest BCUT2D eigenvalue weighted by molar-refractivity contribution is 7.21. The zero-order chi connectivity index (χ0) is 11.7. The van der Waals surface area contributed by atoms with Gasteiger partial charge in [-0.15, -0.1) is 11.3 Å². The number of nitrogens with two attached hydrogens (primary N) is 1. The van der Waals surface area contributed by atoms with Crippen LogP contribution >= 0.6 is 22.9 Å². The number of hydrogen-bond acceptors (Lipinski definition) is 3. The normalized spacial score (nSPS) is 12.9. The van der Waals surface area contributed by atoms with Crippen LogP contribution in [0.1, 0.15) is 20.8 Å². The molecule has 3 nitrogen and oxygen atoms in total. The van der Waals surface area contributed by atoms with Crippen molar-refractivity contribution in [3.8, 4) is 0 Å². The first-order valence-electron chi connectivity index (χ1n) is 4.62. The fourth-order valence-corrected chi connectivity index (χ4v) is 2.80. The summed E-state index contributed by atoms with van der Waals surface area (Å²) in [5, 5.41) is 0.957. The lowest BCUT2D eigenvalue weighted by Gasteiger charge is -2.08. The number of alkyl halides is 1. The molecule has 2 rings (SSSR count). The van der Waals surface area contributed by atoms with E-state index in [2.05, 4.69) is 0 Å². The van der Waals surface area contributed by atoms with Gasteiger partial charge in [0.15, 0.2) is 5.56 Å². The smallest absolute Gasteiger partial charge is 0.258 e. The van der Waals surface area contributed by atoms with E-state index in [0.29, 0.717) is 4.88 Å². The molecule has 2 aromatic rings. The average Bonchev–Trinajstić information content (AvgIpc) is 2.71. The van der Waals surface area contributed by atoms with Crippen molar-refractivity contribution in [3.05, 3.63) is 34.7 Å². The molecule has 0 radical (unpaired) electrons. The summed E-state index contributed by atoms with van der Waals surface area (Å²) in [6, 6.07) is 7.44. The molecular weight excluding hydrogens is 246 g/mol. The van der Waals surface area contributed by atoms with Crippen molar-refractivity contribution in [3.63, 3.8) is 0 Å². The third kappa shape index (κ3) is 1.91. The second kappa shape index (κ2) is 4.41. The second-order valence-corrected chi connectivity index (χ2v) is 4.74. The molecule has 16 heavy (non-hydrogen) atoms. The topological polar surface area (TPSA) is 52.3 Å². The van der Waals surface area contributed by atoms with Gasteiger partial charge < -0.3 is 10.5 Å². The van der Waals surface area contributed by atoms with Gasteiger partial charge in [-0.2, -0.15) is 0 Å². The van der Waals surface area contributed by atoms with E-state index < -0.39 is 11.5 Å². The number of hydrogen-bond donors (Lipinski definition) is 1. The summed E-state index contributed by atoms with van der Waals surface area (Å²) in [4.78, 5) is 11.6. The van der Waals surface area contributed by atoms with Crippen LogP contribution in [-0.2, 0) is 4.74 Å². The first-order chi connectivity index (χ1) is 7.63. The van der Waals surface area contributed by atoms with Gasteiger partial charge >= 0.3 is 0 Å². The number of ether oxygens (including phenoxy) is 1. The Kier molecular flexibility index (Phi) is 3.14. The number of fused-ring (bicyclic) bond motifs is 1. The van der Waals surface area contributed by atoms with Crippen LogP contribution in [0.4, 0.5) is 0 Å². The summed E-state index contributed by atoms with van der Waals surface area (Å²) >= 11 is 7.36. The number of methoxy groups -OCH3 is 1. The monoisotopic (exact) mass is 255 g/mol. The van der Waals surface area contributed by atoms with Gasteiger partial charge in [0.25, 0.3) is 5.91 Å². The molecule has 0 fully saturated rings. The van der Waals surface area contributed by atoms with Crippen molar-refractivity contribution in [1.82, 2.24) is 0 Å². The highest BCUT2D eigenvalue weighted by Crippen LogP contribution is 2.34. The van der Waals surface area contributed by atoms with Gasteiger partial charge in [-0.25, -0.2) is 0 Å². The first-order valence-corrected chi connectivity index (χ1v) is 5.88. The molecule has 84 valence electrons. The highest BCUT2D eigenvalue weighted by Gasteiger charge is 2.14. The summed E-state index contributed by atoms with van der Waals surface area (Å²) in [6.07, 6.45) is 0. The number of amides is 1. The minimum atomic E-state index is -0.511. The van der Waals surface area contributed by atoms with Crippen molar-refractivity contribution in [1.29, 1.82) is 0 Å². The quantitative estimate of drug-likeness (QED) is 0.858. The molecule has 0 saturated heterocycles. The van der Waals surface area contributed by atoms with Crippen molar-refractivity contribution >= 4 is 38.9 Å². The summed E-state index contributed by atoms with van der Waals surface area (Å²) in [5.41, 5.74) is 5.59. The molecule has 1 heterocycles. The molecule has 5 heteroatoms. The minimum Gasteiger partial charge on any atom is -0.365 e. The van der Waals surface area contributed by atoms with E-state index in [1.165, 1.54) is 11.3 Å². The maximum atomic E-state index is 11.1. The van der Waals surface area contributed by atoms with Crippen LogP contribution in [0.3, 0.4) is 0 Å². The number of benzene rings is 1. The molecular formula is C11H10ClNO2S. The van der Waals surface area contributed by atoms with E-state index in [0.717, 1.165) is 15.6 Å². The van der Waals surface area contributed by atoms with E-state index in [4.69, 9.17) is 22.1 Å². The van der Waals surface area contributed by atoms with E-state index in [9.17, 15) is 4.79 Å². The Bertz CT molecular complexity index is 538. The summed E-state index contributed by atoms with van der Waals surface area (Å²) < 4.78 is 6.01. The van der Waals surface area contributed by atoms with Crippen LogP contribution in [0.25, 0.3) is 10.1 Å². The first kappa shape index (κ1) is 11.4. The molecule has 1 aromatic carbocycles. The van der Waals surface area contributed by atoms with E-state index in [1.54, 1.807) is 13.2 Å². The molecule has 0 saturated carbocycles. The maximum Gasteiger partial charge on any atom is 0.258 e. The number of halogens is 1. The van der Waals surface area contributed by atoms with Crippen LogP contribution in [0, 0.1) is 0 Å². The minimum absolute atomic E-state index is 0.421. The van der Waals surface area contributed by atoms with Crippen molar-refractivity contribution in [2.45, 2.75) is 5.56 Å². The van der Waals surface area contributed by atoms with Crippen LogP contribution in [0.2, 0.25) is 0 Å². The number of rotatable bonds is 3. The lowest BCUT2D eigenvalue weighted by atomic mass is 10.1. The van der Waals surface area contributed by atoms with Crippen molar-refractivity contribution < 1.29 is 9.53 Å². The lowest BCUT2D eigenvalue weighted by molar-refractivity contribution is 0.100. The SMILES string of the molecule is COC(Cl)c1cccc2cc(C(N)=O)sc12. The Morgan fingerprint density at radius 3 is 2.94 bits per heavy atom. The Morgan fingerprint density at radius 1 is 1.56 bits per heavy atom. The van der Waals surface area contributed by atoms with E-state index in [1.807, 2.05) is 18.2 Å². The second-order valence-electron chi connectivity index (χ2n) is 3.29. The van der Waals surface area contributed by atoms with Gasteiger partial charge in [-0.05, 0) is 11.5 Å². The van der Waals surface area contributed by atoms with Crippen molar-refractivity contribution in [2.24, 2.45) is 5.73 Å². The number of primary amides is 1. The van der Waals surface area contributed by atoms with Gasteiger partial charge in [0, 0.05) is 17.4 Å². The molecule has 0 aliphatic rings. The lowest BCUT2D eigenvalue weighted by Crippen LogP contribution is -2.07. The number of carbonyl (C=O) groups excluding carboxylic acids is 1. The number of carbonyl (C=O) groups is 1. The van der Waals surface area contributed by atoms with Crippen LogP contribution in [0.15, 0.2) is 24.3 Å². The Balaban J connectivity index is 2.63. The Morgan fingerprint density at radius 2 is 2.31 bits per heavy atom. The Hall–Kier alpha value is -1.10. The van der Waals surface area contributed by atoms with E-state index in [-0.39, 0.29) is 0 Å². The predicted molar refractivity (Wildman–Crippen MR) is 65.9 cm³/mol. The van der Waals surface area contributed by atoms with E-state index >= 15 is 0 Å². The maximum absolute atomic E-state index is 11.1. The molecule has 1 atom stereocenters. The standard InChI is InChI=1S/C11H10ClNO2S/c1-15-10(12)7-4-2-3-6-5-8(11(13)14)16-9(6)7/h2-5,10H,1H3,(H2,13,14). The molecule has 1 aromatic heterocycles. The van der Waals surface area contributed by atoms with Gasteiger partial charge in [-0.3, -0.25) is 4.79 Å². The zero-order valence-corrected chi connectivity index (χ0v) is 10.1. The third-order valence-corrected chi connectivity index (χ3v) is 3.90. The molecule has 1 unspecified atom stereocenters. The zero-order valence-electron chi connectivity index (χ0n) is 8.57. The molecule has 2 N–H and O–H groups in total. The summed E-state index contributed by atoms with van der Waals surface area (Å²) in [7, 11) is 1.54. The van der Waals surface area contributed by atoms with Crippen LogP contribution in [0.5, 0.6) is 0 Å². The third-order valence-electron chi connectivity index (χ3n) is 2.27. The molecule has 0 bridgehead atoms. The highest BCUT2D eigenvalue weighted by atomic mass is 35.5. The average molecular weight is 256 g/mol. The van der Waals surface area contributed by atoms with Gasteiger partial charge in [0.2, 0.25) is 0 Å². The molecule has 0 aliphatic heterocycles. The fourth-order valence-electron chi connectivity index (χ4n) is 1.51. The van der Waals surface area contributed by atoms with Gasteiger partial charge in [0.1, 0.15) is 0 Å². The Labute approximate surface area is 102 Å². The summed E-state index contributed by atoms with van der Waals surface area (Å²) in [5.74, 6) is -0.421. The molecule has 1 amide bonds. The largest absolute Gasteiger partial charge is 0.365 e. The van der Waals surface area contributed by atoms with Crippen LogP contribution < -0.4 is 5.73 Å². The fraction of sp³-hybridized carbons (Fsp3) is 0.182. The van der Waals surface area contributed by atoms with Gasteiger partial charge in [0.05, 0.1) is 4.88 Å². The van der Waals surface area contributed by atoms with Gasteiger partial charge in [-0.1, -0.05) is 29.8 Å². The number of thiophene rings is 1. The van der Waals surface area contributed by atoms with Crippen molar-refractivity contribution in [2.75, 3.05) is 7.11 Å². The molecule has 0 spiro atoms. The summed E-state index contributed by atoms with van der Waals surface area (Å²) in [6.45, 7) is 0.